The van der Waals surface area contributed by atoms with E-state index in [4.69, 9.17) is 4.74 Å². The Balaban J connectivity index is 1.43. The van der Waals surface area contributed by atoms with Crippen molar-refractivity contribution in [3.05, 3.63) is 114 Å². The molecule has 0 aliphatic carbocycles. The zero-order valence-corrected chi connectivity index (χ0v) is 17.4. The number of carbonyl (C=O) groups excluding carboxylic acids is 2. The van der Waals surface area contributed by atoms with Crippen LogP contribution in [0.4, 0.5) is 4.79 Å². The molecule has 1 aliphatic heterocycles. The van der Waals surface area contributed by atoms with E-state index in [2.05, 4.69) is 22.8 Å². The predicted octanol–water partition coefficient (Wildman–Crippen LogP) is 5.42. The highest BCUT2D eigenvalue weighted by molar-refractivity contribution is 6.03. The van der Waals surface area contributed by atoms with Crippen molar-refractivity contribution in [2.24, 2.45) is 0 Å². The lowest BCUT2D eigenvalue weighted by Gasteiger charge is -2.18. The number of imide groups is 1. The van der Waals surface area contributed by atoms with Crippen LogP contribution in [0.15, 0.2) is 97.2 Å². The molecule has 0 unspecified atom stereocenters. The van der Waals surface area contributed by atoms with Crippen molar-refractivity contribution in [1.82, 2.24) is 9.47 Å². The van der Waals surface area contributed by atoms with E-state index in [-0.39, 0.29) is 12.5 Å². The molecule has 1 saturated heterocycles. The van der Waals surface area contributed by atoms with E-state index in [9.17, 15) is 9.59 Å². The highest BCUT2D eigenvalue weighted by atomic mass is 16.6. The van der Waals surface area contributed by atoms with E-state index >= 15 is 0 Å². The number of ether oxygens (including phenoxy) is 1. The molecule has 3 aromatic carbocycles. The van der Waals surface area contributed by atoms with Crippen LogP contribution in [0.1, 0.15) is 22.7 Å². The molecule has 5 rings (SSSR count). The molecule has 0 radical (unpaired) electrons. The van der Waals surface area contributed by atoms with Crippen LogP contribution >= 0.6 is 0 Å². The molecule has 2 heterocycles. The lowest BCUT2D eigenvalue weighted by molar-refractivity contribution is -0.124. The molecule has 5 heteroatoms. The van der Waals surface area contributed by atoms with Gasteiger partial charge in [-0.25, -0.2) is 9.69 Å². The number of nitrogens with zero attached hydrogens (tertiary/aromatic N) is 2. The molecule has 0 N–H and O–H groups in total. The maximum absolute atomic E-state index is 13.0. The van der Waals surface area contributed by atoms with Crippen LogP contribution in [-0.2, 0) is 16.1 Å². The monoisotopic (exact) mass is 422 g/mol. The minimum Gasteiger partial charge on any atom is -0.446 e. The molecule has 0 bridgehead atoms. The summed E-state index contributed by atoms with van der Waals surface area (Å²) in [7, 11) is 0. The molecular weight excluding hydrogens is 400 g/mol. The largest absolute Gasteiger partial charge is 0.446 e. The van der Waals surface area contributed by atoms with E-state index in [1.807, 2.05) is 72.9 Å². The number of hydrogen-bond donors (Lipinski definition) is 0. The van der Waals surface area contributed by atoms with Crippen molar-refractivity contribution in [3.8, 4) is 0 Å². The average molecular weight is 422 g/mol. The Morgan fingerprint density at radius 2 is 1.62 bits per heavy atom. The van der Waals surface area contributed by atoms with Crippen molar-refractivity contribution < 1.29 is 14.3 Å². The van der Waals surface area contributed by atoms with Gasteiger partial charge >= 0.3 is 6.09 Å². The summed E-state index contributed by atoms with van der Waals surface area (Å²) in [4.78, 5) is 26.4. The first-order chi connectivity index (χ1) is 15.7. The van der Waals surface area contributed by atoms with Crippen LogP contribution < -0.4 is 0 Å². The van der Waals surface area contributed by atoms with Gasteiger partial charge in [-0.1, -0.05) is 78.9 Å². The Morgan fingerprint density at radius 3 is 2.41 bits per heavy atom. The predicted molar refractivity (Wildman–Crippen MR) is 124 cm³/mol. The molecule has 1 atom stereocenters. The van der Waals surface area contributed by atoms with Gasteiger partial charge in [0.2, 0.25) is 0 Å². The first kappa shape index (κ1) is 19.8. The van der Waals surface area contributed by atoms with Gasteiger partial charge < -0.3 is 9.30 Å². The summed E-state index contributed by atoms with van der Waals surface area (Å²) in [6, 6.07) is 27.4. The van der Waals surface area contributed by atoms with Crippen LogP contribution in [0, 0.1) is 0 Å². The van der Waals surface area contributed by atoms with Crippen LogP contribution in [0.25, 0.3) is 17.0 Å². The van der Waals surface area contributed by atoms with Crippen molar-refractivity contribution in [3.63, 3.8) is 0 Å². The number of rotatable bonds is 5. The lowest BCUT2D eigenvalue weighted by Crippen LogP contribution is -2.32. The Morgan fingerprint density at radius 1 is 0.938 bits per heavy atom. The van der Waals surface area contributed by atoms with Crippen LogP contribution in [-0.4, -0.2) is 28.1 Å². The van der Waals surface area contributed by atoms with Gasteiger partial charge in [-0.05, 0) is 23.3 Å². The minimum absolute atomic E-state index is 0.165. The second-order valence-electron chi connectivity index (χ2n) is 7.76. The average Bonchev–Trinajstić information content (AvgIpc) is 3.39. The maximum atomic E-state index is 13.0. The van der Waals surface area contributed by atoms with E-state index in [1.54, 1.807) is 6.08 Å². The van der Waals surface area contributed by atoms with Gasteiger partial charge in [0.05, 0.1) is 0 Å². The number of carbonyl (C=O) groups is 2. The summed E-state index contributed by atoms with van der Waals surface area (Å²) in [5.74, 6) is -0.388. The van der Waals surface area contributed by atoms with Crippen molar-refractivity contribution in [2.75, 3.05) is 6.61 Å². The van der Waals surface area contributed by atoms with E-state index < -0.39 is 12.1 Å². The summed E-state index contributed by atoms with van der Waals surface area (Å²) >= 11 is 0. The van der Waals surface area contributed by atoms with Gasteiger partial charge in [0.25, 0.3) is 5.91 Å². The molecule has 2 amide bonds. The molecular formula is C27H22N2O3. The summed E-state index contributed by atoms with van der Waals surface area (Å²) in [6.45, 7) is 0.899. The third kappa shape index (κ3) is 3.81. The number of cyclic esters (lactones) is 1. The van der Waals surface area contributed by atoms with Gasteiger partial charge in [0.1, 0.15) is 12.6 Å². The molecule has 1 aliphatic rings. The van der Waals surface area contributed by atoms with Gasteiger partial charge in [-0.3, -0.25) is 4.79 Å². The number of benzene rings is 3. The highest BCUT2D eigenvalue weighted by Crippen LogP contribution is 2.29. The van der Waals surface area contributed by atoms with Crippen LogP contribution in [0.2, 0.25) is 0 Å². The number of amides is 2. The molecule has 1 fully saturated rings. The normalized spacial score (nSPS) is 16.1. The standard InChI is InChI=1S/C27H22N2O3/c30-26(29-25(19-32-27(29)31)21-11-5-2-6-12-21)16-15-22-18-28(17-20-9-3-1-4-10-20)24-14-8-7-13-23(22)24/h1-16,18,25H,17,19H2/b16-15+/t25-/m1/s1. The molecule has 1 aromatic heterocycles. The van der Waals surface area contributed by atoms with Gasteiger partial charge in [0.15, 0.2) is 0 Å². The lowest BCUT2D eigenvalue weighted by atomic mass is 10.1. The zero-order valence-electron chi connectivity index (χ0n) is 17.4. The van der Waals surface area contributed by atoms with Crippen molar-refractivity contribution >= 4 is 29.0 Å². The molecule has 0 spiro atoms. The fraction of sp³-hybridized carbons (Fsp3) is 0.111. The SMILES string of the molecule is O=C(/C=C/c1cn(Cc2ccccc2)c2ccccc12)N1C(=O)OC[C@@H]1c1ccccc1. The maximum Gasteiger partial charge on any atom is 0.417 e. The molecule has 158 valence electrons. The zero-order chi connectivity index (χ0) is 21.9. The van der Waals surface area contributed by atoms with E-state index in [0.717, 1.165) is 28.6 Å². The number of para-hydroxylation sites is 1. The fourth-order valence-electron chi connectivity index (χ4n) is 4.15. The Kier molecular flexibility index (Phi) is 5.30. The first-order valence-corrected chi connectivity index (χ1v) is 10.6. The molecule has 4 aromatic rings. The summed E-state index contributed by atoms with van der Waals surface area (Å²) in [6.07, 6.45) is 4.66. The Labute approximate surface area is 186 Å². The van der Waals surface area contributed by atoms with Gasteiger partial charge in [-0.2, -0.15) is 0 Å². The molecule has 0 saturated carbocycles. The van der Waals surface area contributed by atoms with E-state index in [0.29, 0.717) is 0 Å². The van der Waals surface area contributed by atoms with Gasteiger partial charge in [-0.15, -0.1) is 0 Å². The smallest absolute Gasteiger partial charge is 0.417 e. The second-order valence-corrected chi connectivity index (χ2v) is 7.76. The third-order valence-corrected chi connectivity index (χ3v) is 5.72. The van der Waals surface area contributed by atoms with Crippen LogP contribution in [0.5, 0.6) is 0 Å². The third-order valence-electron chi connectivity index (χ3n) is 5.72. The molecule has 5 nitrogen and oxygen atoms in total. The summed E-state index contributed by atoms with van der Waals surface area (Å²) < 4.78 is 7.35. The summed E-state index contributed by atoms with van der Waals surface area (Å²) in [5.41, 5.74) is 4.09. The van der Waals surface area contributed by atoms with Crippen molar-refractivity contribution in [1.29, 1.82) is 0 Å². The van der Waals surface area contributed by atoms with Crippen molar-refractivity contribution in [2.45, 2.75) is 12.6 Å². The first-order valence-electron chi connectivity index (χ1n) is 10.6. The quantitative estimate of drug-likeness (QED) is 0.404. The van der Waals surface area contributed by atoms with Crippen LogP contribution in [0.3, 0.4) is 0 Å². The number of aromatic nitrogens is 1. The fourth-order valence-corrected chi connectivity index (χ4v) is 4.15. The molecule has 32 heavy (non-hydrogen) atoms. The minimum atomic E-state index is -0.611. The second kappa shape index (κ2) is 8.55. The van der Waals surface area contributed by atoms with Gasteiger partial charge in [0, 0.05) is 35.3 Å². The number of fused-ring (bicyclic) bond motifs is 1. The topological polar surface area (TPSA) is 51.5 Å². The van der Waals surface area contributed by atoms with E-state index in [1.165, 1.54) is 16.5 Å². The number of hydrogen-bond acceptors (Lipinski definition) is 3. The summed E-state index contributed by atoms with van der Waals surface area (Å²) in [5, 5.41) is 1.05. The Bertz CT molecular complexity index is 1290. The highest BCUT2D eigenvalue weighted by Gasteiger charge is 2.37. The Hall–Kier alpha value is -4.12.